The van der Waals surface area contributed by atoms with Gasteiger partial charge in [-0.1, -0.05) is 29.5 Å². The number of nitrogens with one attached hydrogen (secondary N) is 1. The number of aromatic nitrogens is 4. The number of ether oxygens (including phenoxy) is 1. The van der Waals surface area contributed by atoms with Gasteiger partial charge in [-0.05, 0) is 41.5 Å². The van der Waals surface area contributed by atoms with Gasteiger partial charge in [-0.15, -0.1) is 16.4 Å². The number of benzene rings is 1. The van der Waals surface area contributed by atoms with Gasteiger partial charge < -0.3 is 10.1 Å². The fraction of sp³-hybridized carbons (Fsp3) is 0.273. The number of carbonyl (C=O) groups is 1. The summed E-state index contributed by atoms with van der Waals surface area (Å²) in [6.07, 6.45) is 3.47. The molecule has 1 aliphatic rings. The van der Waals surface area contributed by atoms with Crippen molar-refractivity contribution in [1.82, 2.24) is 25.3 Å². The smallest absolute Gasteiger partial charge is 0.270 e. The molecule has 1 amide bonds. The Morgan fingerprint density at radius 3 is 2.90 bits per heavy atom. The summed E-state index contributed by atoms with van der Waals surface area (Å²) in [7, 11) is 1.86. The third-order valence-corrected chi connectivity index (χ3v) is 6.21. The average molecular weight is 420 g/mol. The van der Waals surface area contributed by atoms with Crippen LogP contribution in [0.4, 0.5) is 0 Å². The molecule has 0 aliphatic carbocycles. The maximum absolute atomic E-state index is 12.7. The Hall–Kier alpha value is -3.10. The van der Waals surface area contributed by atoms with Crippen LogP contribution in [0.1, 0.15) is 28.0 Å². The van der Waals surface area contributed by atoms with E-state index in [2.05, 4.69) is 44.9 Å². The SMILES string of the molecule is Cn1cc(-c2ccc(Cc3cc(C(=O)N[C@@H]4CCOC4)nc4ccsc34)cc2)nn1. The summed E-state index contributed by atoms with van der Waals surface area (Å²) in [6, 6.07) is 12.3. The van der Waals surface area contributed by atoms with E-state index in [4.69, 9.17) is 4.74 Å². The Morgan fingerprint density at radius 2 is 2.17 bits per heavy atom. The van der Waals surface area contributed by atoms with Crippen LogP contribution in [0.5, 0.6) is 0 Å². The van der Waals surface area contributed by atoms with Crippen molar-refractivity contribution in [2.45, 2.75) is 18.9 Å². The van der Waals surface area contributed by atoms with Crippen LogP contribution >= 0.6 is 11.3 Å². The van der Waals surface area contributed by atoms with Crippen molar-refractivity contribution in [2.24, 2.45) is 7.05 Å². The number of amides is 1. The molecule has 4 aromatic rings. The Morgan fingerprint density at radius 1 is 1.30 bits per heavy atom. The third-order valence-electron chi connectivity index (χ3n) is 5.23. The summed E-state index contributed by atoms with van der Waals surface area (Å²) in [5.74, 6) is -0.141. The number of hydrogen-bond donors (Lipinski definition) is 1. The maximum Gasteiger partial charge on any atom is 0.270 e. The highest BCUT2D eigenvalue weighted by molar-refractivity contribution is 7.17. The number of pyridine rings is 1. The van der Waals surface area contributed by atoms with Gasteiger partial charge in [-0.2, -0.15) is 0 Å². The van der Waals surface area contributed by atoms with Gasteiger partial charge >= 0.3 is 0 Å². The molecule has 1 aliphatic heterocycles. The molecule has 0 spiro atoms. The van der Waals surface area contributed by atoms with E-state index in [-0.39, 0.29) is 11.9 Å². The molecule has 1 atom stereocenters. The molecule has 152 valence electrons. The number of thiophene rings is 1. The average Bonchev–Trinajstić information content (AvgIpc) is 3.50. The number of aryl methyl sites for hydroxylation is 1. The van der Waals surface area contributed by atoms with E-state index >= 15 is 0 Å². The van der Waals surface area contributed by atoms with E-state index < -0.39 is 0 Å². The Balaban J connectivity index is 1.40. The van der Waals surface area contributed by atoms with Gasteiger partial charge in [0.2, 0.25) is 0 Å². The second kappa shape index (κ2) is 7.97. The van der Waals surface area contributed by atoms with Crippen molar-refractivity contribution in [3.05, 3.63) is 64.8 Å². The van der Waals surface area contributed by atoms with E-state index in [1.165, 1.54) is 5.56 Å². The number of hydrogen-bond acceptors (Lipinski definition) is 6. The molecule has 7 nitrogen and oxygen atoms in total. The van der Waals surface area contributed by atoms with Crippen LogP contribution in [0.15, 0.2) is 48.0 Å². The molecule has 0 saturated carbocycles. The van der Waals surface area contributed by atoms with Gasteiger partial charge in [0.05, 0.1) is 29.1 Å². The van der Waals surface area contributed by atoms with Gasteiger partial charge in [-0.25, -0.2) is 4.98 Å². The maximum atomic E-state index is 12.7. The second-order valence-electron chi connectivity index (χ2n) is 7.49. The van der Waals surface area contributed by atoms with Gasteiger partial charge in [-0.3, -0.25) is 9.48 Å². The largest absolute Gasteiger partial charge is 0.379 e. The molecule has 5 rings (SSSR count). The Bertz CT molecular complexity index is 1190. The lowest BCUT2D eigenvalue weighted by atomic mass is 10.0. The summed E-state index contributed by atoms with van der Waals surface area (Å²) >= 11 is 1.65. The molecule has 3 aromatic heterocycles. The van der Waals surface area contributed by atoms with Crippen LogP contribution in [0.2, 0.25) is 0 Å². The van der Waals surface area contributed by atoms with Crippen LogP contribution in [0.3, 0.4) is 0 Å². The fourth-order valence-electron chi connectivity index (χ4n) is 3.67. The standard InChI is InChI=1S/C22H21N5O2S/c1-27-12-20(25-26-27)15-4-2-14(3-5-15)10-16-11-19(24-18-7-9-30-21(16)18)22(28)23-17-6-8-29-13-17/h2-5,7,9,11-12,17H,6,8,10,13H2,1H3,(H,23,28)/t17-/m1/s1. The van der Waals surface area contributed by atoms with Crippen molar-refractivity contribution in [2.75, 3.05) is 13.2 Å². The van der Waals surface area contributed by atoms with Gasteiger partial charge in [0.15, 0.2) is 0 Å². The molecular formula is C22H21N5O2S. The first-order valence-corrected chi connectivity index (χ1v) is 10.7. The summed E-state index contributed by atoms with van der Waals surface area (Å²) in [6.45, 7) is 1.26. The predicted octanol–water partition coefficient (Wildman–Crippen LogP) is 3.20. The highest BCUT2D eigenvalue weighted by Gasteiger charge is 2.20. The first kappa shape index (κ1) is 18.9. The zero-order valence-electron chi connectivity index (χ0n) is 16.5. The van der Waals surface area contributed by atoms with Crippen LogP contribution in [0, 0.1) is 0 Å². The number of rotatable bonds is 5. The van der Waals surface area contributed by atoms with Crippen molar-refractivity contribution in [1.29, 1.82) is 0 Å². The molecule has 1 saturated heterocycles. The minimum absolute atomic E-state index is 0.0644. The molecule has 0 unspecified atom stereocenters. The quantitative estimate of drug-likeness (QED) is 0.537. The summed E-state index contributed by atoms with van der Waals surface area (Å²) in [4.78, 5) is 17.3. The molecule has 1 fully saturated rings. The topological polar surface area (TPSA) is 81.9 Å². The lowest BCUT2D eigenvalue weighted by Crippen LogP contribution is -2.35. The van der Waals surface area contributed by atoms with Crippen LogP contribution in [-0.2, 0) is 18.2 Å². The third kappa shape index (κ3) is 3.83. The first-order chi connectivity index (χ1) is 14.7. The highest BCUT2D eigenvalue weighted by Crippen LogP contribution is 2.27. The molecule has 30 heavy (non-hydrogen) atoms. The second-order valence-corrected chi connectivity index (χ2v) is 8.40. The monoisotopic (exact) mass is 419 g/mol. The van der Waals surface area contributed by atoms with E-state index in [1.807, 2.05) is 30.8 Å². The van der Waals surface area contributed by atoms with E-state index in [0.29, 0.717) is 18.9 Å². The van der Waals surface area contributed by atoms with Crippen molar-refractivity contribution >= 4 is 27.5 Å². The Kier molecular flexibility index (Phi) is 5.02. The van der Waals surface area contributed by atoms with Gasteiger partial charge in [0.25, 0.3) is 5.91 Å². The minimum Gasteiger partial charge on any atom is -0.379 e. The predicted molar refractivity (Wildman–Crippen MR) is 116 cm³/mol. The van der Waals surface area contributed by atoms with Gasteiger partial charge in [0, 0.05) is 19.2 Å². The van der Waals surface area contributed by atoms with Crippen molar-refractivity contribution < 1.29 is 9.53 Å². The minimum atomic E-state index is -0.141. The fourth-order valence-corrected chi connectivity index (χ4v) is 4.52. The van der Waals surface area contributed by atoms with Crippen molar-refractivity contribution in [3.63, 3.8) is 0 Å². The Labute approximate surface area is 177 Å². The lowest BCUT2D eigenvalue weighted by molar-refractivity contribution is 0.0925. The van der Waals surface area contributed by atoms with E-state index in [1.54, 1.807) is 16.0 Å². The molecular weight excluding hydrogens is 398 g/mol. The molecule has 8 heteroatoms. The van der Waals surface area contributed by atoms with Gasteiger partial charge in [0.1, 0.15) is 11.4 Å². The first-order valence-electron chi connectivity index (χ1n) is 9.87. The number of carbonyl (C=O) groups excluding carboxylic acids is 1. The zero-order chi connectivity index (χ0) is 20.5. The van der Waals surface area contributed by atoms with E-state index in [0.717, 1.165) is 39.9 Å². The normalized spacial score (nSPS) is 16.2. The summed E-state index contributed by atoms with van der Waals surface area (Å²) in [5, 5.41) is 13.2. The lowest BCUT2D eigenvalue weighted by Gasteiger charge is -2.12. The van der Waals surface area contributed by atoms with Crippen LogP contribution < -0.4 is 5.32 Å². The zero-order valence-corrected chi connectivity index (χ0v) is 17.4. The number of nitrogens with zero attached hydrogens (tertiary/aromatic N) is 4. The summed E-state index contributed by atoms with van der Waals surface area (Å²) in [5.41, 5.74) is 5.47. The number of fused-ring (bicyclic) bond motifs is 1. The molecule has 4 heterocycles. The molecule has 0 bridgehead atoms. The highest BCUT2D eigenvalue weighted by atomic mass is 32.1. The molecule has 1 N–H and O–H groups in total. The van der Waals surface area contributed by atoms with E-state index in [9.17, 15) is 4.79 Å². The molecule has 1 aromatic carbocycles. The van der Waals surface area contributed by atoms with Crippen LogP contribution in [-0.4, -0.2) is 45.1 Å². The summed E-state index contributed by atoms with van der Waals surface area (Å²) < 4.78 is 8.17. The molecule has 0 radical (unpaired) electrons. The van der Waals surface area contributed by atoms with Crippen molar-refractivity contribution in [3.8, 4) is 11.3 Å². The van der Waals surface area contributed by atoms with Crippen LogP contribution in [0.25, 0.3) is 21.5 Å².